The van der Waals surface area contributed by atoms with E-state index in [9.17, 15) is 9.59 Å². The zero-order chi connectivity index (χ0) is 23.5. The van der Waals surface area contributed by atoms with E-state index in [0.29, 0.717) is 43.0 Å². The number of nitrogens with zero attached hydrogens (tertiary/aromatic N) is 1. The van der Waals surface area contributed by atoms with Crippen LogP contribution >= 0.6 is 0 Å². The highest BCUT2D eigenvalue weighted by molar-refractivity contribution is 5.95. The molecule has 7 heteroatoms. The first-order valence-corrected chi connectivity index (χ1v) is 10.8. The van der Waals surface area contributed by atoms with Gasteiger partial charge in [0.05, 0.1) is 21.3 Å². The van der Waals surface area contributed by atoms with E-state index >= 15 is 0 Å². The van der Waals surface area contributed by atoms with Crippen molar-refractivity contribution < 1.29 is 28.9 Å². The number of rotatable bonds is 13. The van der Waals surface area contributed by atoms with Gasteiger partial charge in [-0.05, 0) is 62.4 Å². The zero-order valence-corrected chi connectivity index (χ0v) is 19.3. The molecule has 1 amide bonds. The van der Waals surface area contributed by atoms with Gasteiger partial charge in [-0.3, -0.25) is 9.59 Å². The molecular weight excluding hydrogens is 410 g/mol. The SMILES string of the molecule is COc1ccc(CCCN(CCCCC(=O)O)C(=O)c2cc(OC)c(C)c(OC)c2)cc1. The molecule has 7 nitrogen and oxygen atoms in total. The molecule has 2 aromatic carbocycles. The first-order valence-electron chi connectivity index (χ1n) is 10.8. The van der Waals surface area contributed by atoms with Crippen LogP contribution in [0.2, 0.25) is 0 Å². The summed E-state index contributed by atoms with van der Waals surface area (Å²) in [6.07, 6.45) is 2.86. The van der Waals surface area contributed by atoms with Gasteiger partial charge in [0.2, 0.25) is 0 Å². The molecule has 0 aliphatic carbocycles. The minimum absolute atomic E-state index is 0.0973. The number of carboxylic acids is 1. The largest absolute Gasteiger partial charge is 0.497 e. The Labute approximate surface area is 189 Å². The lowest BCUT2D eigenvalue weighted by molar-refractivity contribution is -0.137. The van der Waals surface area contributed by atoms with Crippen molar-refractivity contribution in [3.05, 3.63) is 53.1 Å². The number of unbranched alkanes of at least 4 members (excludes halogenated alkanes) is 1. The van der Waals surface area contributed by atoms with E-state index < -0.39 is 5.97 Å². The molecule has 0 atom stereocenters. The number of aliphatic carboxylic acids is 1. The molecule has 2 aromatic rings. The standard InChI is InChI=1S/C25H33NO6/c1-18-22(31-3)16-20(17-23(18)32-4)25(29)26(14-6-5-9-24(27)28)15-7-8-19-10-12-21(30-2)13-11-19/h10-13,16-17H,5-9,14-15H2,1-4H3,(H,27,28). The van der Waals surface area contributed by atoms with Crippen molar-refractivity contribution >= 4 is 11.9 Å². The Morgan fingerprint density at radius 2 is 1.47 bits per heavy atom. The molecule has 0 aliphatic rings. The van der Waals surface area contributed by atoms with Crippen LogP contribution in [-0.4, -0.2) is 56.3 Å². The maximum absolute atomic E-state index is 13.3. The van der Waals surface area contributed by atoms with Gasteiger partial charge in [-0.1, -0.05) is 12.1 Å². The van der Waals surface area contributed by atoms with Crippen molar-refractivity contribution in [3.63, 3.8) is 0 Å². The molecule has 174 valence electrons. The second-order valence-electron chi connectivity index (χ2n) is 7.60. The molecule has 0 fully saturated rings. The Kier molecular flexibility index (Phi) is 9.85. The van der Waals surface area contributed by atoms with Gasteiger partial charge in [0.25, 0.3) is 5.91 Å². The van der Waals surface area contributed by atoms with Gasteiger partial charge in [0, 0.05) is 30.6 Å². The fourth-order valence-corrected chi connectivity index (χ4v) is 3.55. The minimum Gasteiger partial charge on any atom is -0.497 e. The number of carboxylic acid groups (broad SMARTS) is 1. The van der Waals surface area contributed by atoms with Gasteiger partial charge in [0.15, 0.2) is 0 Å². The first-order chi connectivity index (χ1) is 15.4. The molecule has 1 N–H and O–H groups in total. The molecule has 0 radical (unpaired) electrons. The lowest BCUT2D eigenvalue weighted by Crippen LogP contribution is -2.33. The summed E-state index contributed by atoms with van der Waals surface area (Å²) in [5.41, 5.74) is 2.49. The molecule has 0 unspecified atom stereocenters. The van der Waals surface area contributed by atoms with Crippen LogP contribution in [0.1, 0.15) is 47.2 Å². The Morgan fingerprint density at radius 1 is 0.875 bits per heavy atom. The maximum atomic E-state index is 13.3. The van der Waals surface area contributed by atoms with E-state index in [0.717, 1.165) is 24.2 Å². The van der Waals surface area contributed by atoms with E-state index in [-0.39, 0.29) is 12.3 Å². The second kappa shape index (κ2) is 12.6. The summed E-state index contributed by atoms with van der Waals surface area (Å²) in [6.45, 7) is 2.94. The van der Waals surface area contributed by atoms with Crippen LogP contribution in [0, 0.1) is 6.92 Å². The molecular formula is C25H33NO6. The molecule has 32 heavy (non-hydrogen) atoms. The number of aryl methyl sites for hydroxylation is 1. The van der Waals surface area contributed by atoms with Crippen molar-refractivity contribution in [1.29, 1.82) is 0 Å². The lowest BCUT2D eigenvalue weighted by Gasteiger charge is -2.24. The topological polar surface area (TPSA) is 85.3 Å². The third kappa shape index (κ3) is 7.18. The van der Waals surface area contributed by atoms with E-state index in [2.05, 4.69) is 0 Å². The lowest BCUT2D eigenvalue weighted by atomic mass is 10.1. The summed E-state index contributed by atoms with van der Waals surface area (Å²) in [7, 11) is 4.76. The molecule has 0 heterocycles. The monoisotopic (exact) mass is 443 g/mol. The van der Waals surface area contributed by atoms with Crippen molar-refractivity contribution in [1.82, 2.24) is 4.90 Å². The summed E-state index contributed by atoms with van der Waals surface area (Å²) in [6, 6.07) is 11.4. The third-order valence-electron chi connectivity index (χ3n) is 5.41. The normalized spacial score (nSPS) is 10.5. The van der Waals surface area contributed by atoms with Crippen LogP contribution in [0.15, 0.2) is 36.4 Å². The molecule has 0 saturated carbocycles. The quantitative estimate of drug-likeness (QED) is 0.463. The average molecular weight is 444 g/mol. The van der Waals surface area contributed by atoms with Crippen molar-refractivity contribution in [2.75, 3.05) is 34.4 Å². The van der Waals surface area contributed by atoms with E-state index in [1.54, 1.807) is 38.4 Å². The Bertz CT molecular complexity index is 869. The van der Waals surface area contributed by atoms with Crippen LogP contribution in [0.5, 0.6) is 17.2 Å². The highest BCUT2D eigenvalue weighted by atomic mass is 16.5. The van der Waals surface area contributed by atoms with Crippen molar-refractivity contribution in [2.24, 2.45) is 0 Å². The summed E-state index contributed by atoms with van der Waals surface area (Å²) in [4.78, 5) is 25.9. The fourth-order valence-electron chi connectivity index (χ4n) is 3.55. The predicted octanol–water partition coefficient (Wildman–Crippen LogP) is 4.35. The van der Waals surface area contributed by atoms with Crippen LogP contribution in [0.25, 0.3) is 0 Å². The smallest absolute Gasteiger partial charge is 0.303 e. The average Bonchev–Trinajstić information content (AvgIpc) is 2.80. The zero-order valence-electron chi connectivity index (χ0n) is 19.3. The Hall–Kier alpha value is -3.22. The Balaban J connectivity index is 2.12. The molecule has 0 spiro atoms. The fraction of sp³-hybridized carbons (Fsp3) is 0.440. The number of carbonyl (C=O) groups is 2. The van der Waals surface area contributed by atoms with E-state index in [4.69, 9.17) is 19.3 Å². The minimum atomic E-state index is -0.824. The van der Waals surface area contributed by atoms with Crippen molar-refractivity contribution in [2.45, 2.75) is 39.0 Å². The number of carbonyl (C=O) groups excluding carboxylic acids is 1. The second-order valence-corrected chi connectivity index (χ2v) is 7.60. The third-order valence-corrected chi connectivity index (χ3v) is 5.41. The van der Waals surface area contributed by atoms with Crippen LogP contribution in [-0.2, 0) is 11.2 Å². The number of hydrogen-bond donors (Lipinski definition) is 1. The van der Waals surface area contributed by atoms with E-state index in [1.807, 2.05) is 31.2 Å². The van der Waals surface area contributed by atoms with Gasteiger partial charge in [-0.25, -0.2) is 0 Å². The molecule has 0 aromatic heterocycles. The van der Waals surface area contributed by atoms with Gasteiger partial charge < -0.3 is 24.2 Å². The summed E-state index contributed by atoms with van der Waals surface area (Å²) in [5.74, 6) is 1.06. The summed E-state index contributed by atoms with van der Waals surface area (Å²) >= 11 is 0. The summed E-state index contributed by atoms with van der Waals surface area (Å²) < 4.78 is 16.0. The van der Waals surface area contributed by atoms with Gasteiger partial charge in [-0.15, -0.1) is 0 Å². The van der Waals surface area contributed by atoms with Crippen LogP contribution in [0.3, 0.4) is 0 Å². The number of methoxy groups -OCH3 is 3. The number of amides is 1. The number of hydrogen-bond acceptors (Lipinski definition) is 5. The van der Waals surface area contributed by atoms with Gasteiger partial charge >= 0.3 is 5.97 Å². The molecule has 0 saturated heterocycles. The van der Waals surface area contributed by atoms with Crippen molar-refractivity contribution in [3.8, 4) is 17.2 Å². The molecule has 0 bridgehead atoms. The van der Waals surface area contributed by atoms with E-state index in [1.165, 1.54) is 5.56 Å². The first kappa shape index (κ1) is 25.0. The van der Waals surface area contributed by atoms with Crippen LogP contribution in [0.4, 0.5) is 0 Å². The van der Waals surface area contributed by atoms with Crippen LogP contribution < -0.4 is 14.2 Å². The van der Waals surface area contributed by atoms with Gasteiger partial charge in [0.1, 0.15) is 17.2 Å². The summed E-state index contributed by atoms with van der Waals surface area (Å²) in [5, 5.41) is 8.89. The molecule has 2 rings (SSSR count). The number of ether oxygens (including phenoxy) is 3. The van der Waals surface area contributed by atoms with Gasteiger partial charge in [-0.2, -0.15) is 0 Å². The maximum Gasteiger partial charge on any atom is 0.303 e. The highest BCUT2D eigenvalue weighted by Crippen LogP contribution is 2.30. The highest BCUT2D eigenvalue weighted by Gasteiger charge is 2.19. The number of benzene rings is 2. The Morgan fingerprint density at radius 3 is 2.00 bits per heavy atom. The molecule has 0 aliphatic heterocycles. The predicted molar refractivity (Wildman–Crippen MR) is 123 cm³/mol.